The molecule has 3 N–H and O–H groups in total. The summed E-state index contributed by atoms with van der Waals surface area (Å²) in [6.45, 7) is 6.00. The zero-order valence-electron chi connectivity index (χ0n) is 24.1. The second-order valence-electron chi connectivity index (χ2n) is 10.7. The Balaban J connectivity index is 1.76. The highest BCUT2D eigenvalue weighted by molar-refractivity contribution is 5.76. The predicted molar refractivity (Wildman–Crippen MR) is 155 cm³/mol. The van der Waals surface area contributed by atoms with Crippen molar-refractivity contribution in [3.8, 4) is 0 Å². The van der Waals surface area contributed by atoms with Gasteiger partial charge in [0.2, 0.25) is 5.91 Å². The van der Waals surface area contributed by atoms with Crippen LogP contribution in [-0.4, -0.2) is 60.0 Å². The molecule has 0 radical (unpaired) electrons. The van der Waals surface area contributed by atoms with Crippen LogP contribution in [0.4, 0.5) is 0 Å². The third-order valence-corrected chi connectivity index (χ3v) is 7.35. The second kappa shape index (κ2) is 21.0. The minimum absolute atomic E-state index is 0.123. The van der Waals surface area contributed by atoms with Crippen molar-refractivity contribution >= 4 is 5.91 Å². The van der Waals surface area contributed by atoms with Gasteiger partial charge < -0.3 is 29.7 Å². The molecule has 0 spiro atoms. The van der Waals surface area contributed by atoms with E-state index in [0.717, 1.165) is 24.8 Å². The van der Waals surface area contributed by atoms with E-state index in [1.165, 1.54) is 64.2 Å². The number of nitrogens with one attached hydrogen (secondary N) is 1. The van der Waals surface area contributed by atoms with E-state index in [1.54, 1.807) is 6.08 Å². The van der Waals surface area contributed by atoms with E-state index in [2.05, 4.69) is 18.8 Å². The van der Waals surface area contributed by atoms with Gasteiger partial charge in [-0.3, -0.25) is 4.79 Å². The summed E-state index contributed by atoms with van der Waals surface area (Å²) in [7, 11) is 0. The summed E-state index contributed by atoms with van der Waals surface area (Å²) in [5.41, 5.74) is 0.942. The maximum Gasteiger partial charge on any atom is 0.220 e. The largest absolute Gasteiger partial charge is 0.394 e. The number of amides is 1. The van der Waals surface area contributed by atoms with Gasteiger partial charge >= 0.3 is 0 Å². The number of hydrogen-bond acceptors (Lipinski definition) is 6. The molecule has 7 heteroatoms. The lowest BCUT2D eigenvalue weighted by atomic mass is 9.96. The van der Waals surface area contributed by atoms with Crippen molar-refractivity contribution in [2.24, 2.45) is 0 Å². The zero-order valence-corrected chi connectivity index (χ0v) is 24.1. The van der Waals surface area contributed by atoms with Crippen molar-refractivity contribution in [3.63, 3.8) is 0 Å². The highest BCUT2D eigenvalue weighted by Crippen LogP contribution is 2.26. The van der Waals surface area contributed by atoms with Gasteiger partial charge in [0.05, 0.1) is 19.8 Å². The fraction of sp³-hybridized carbons (Fsp3) is 0.719. The van der Waals surface area contributed by atoms with Gasteiger partial charge in [-0.05, 0) is 12.0 Å². The normalized spacial score (nSPS) is 23.0. The number of benzene rings is 1. The second-order valence-corrected chi connectivity index (χ2v) is 10.7. The maximum absolute atomic E-state index is 12.9. The highest BCUT2D eigenvalue weighted by atomic mass is 16.7. The monoisotopic (exact) mass is 547 g/mol. The van der Waals surface area contributed by atoms with Gasteiger partial charge in [0.1, 0.15) is 24.4 Å². The van der Waals surface area contributed by atoms with Crippen molar-refractivity contribution < 1.29 is 29.2 Å². The van der Waals surface area contributed by atoms with Crippen LogP contribution in [0.15, 0.2) is 43.0 Å². The average Bonchev–Trinajstić information content (AvgIpc) is 2.95. The summed E-state index contributed by atoms with van der Waals surface area (Å²) in [6, 6.07) is 8.90. The van der Waals surface area contributed by atoms with Gasteiger partial charge in [-0.25, -0.2) is 0 Å². The van der Waals surface area contributed by atoms with E-state index < -0.39 is 30.6 Å². The summed E-state index contributed by atoms with van der Waals surface area (Å²) >= 11 is 0. The lowest BCUT2D eigenvalue weighted by Crippen LogP contribution is -2.65. The predicted octanol–water partition coefficient (Wildman–Crippen LogP) is 5.82. The van der Waals surface area contributed by atoms with Crippen LogP contribution in [0, 0.1) is 0 Å². The topological polar surface area (TPSA) is 97.2 Å². The lowest BCUT2D eigenvalue weighted by molar-refractivity contribution is -0.275. The van der Waals surface area contributed by atoms with E-state index in [0.29, 0.717) is 6.42 Å². The molecule has 1 aromatic carbocycles. The number of aliphatic hydroxyl groups is 2. The first kappa shape index (κ1) is 33.4. The Hall–Kier alpha value is -1.77. The Morgan fingerprint density at radius 3 is 2.10 bits per heavy atom. The summed E-state index contributed by atoms with van der Waals surface area (Å²) < 4.78 is 17.7. The number of rotatable bonds is 22. The number of carbonyl (C=O) groups excluding carboxylic acids is 1. The number of aliphatic hydroxyl groups excluding tert-OH is 2. The molecule has 2 rings (SSSR count). The van der Waals surface area contributed by atoms with Crippen LogP contribution in [0.25, 0.3) is 0 Å². The summed E-state index contributed by atoms with van der Waals surface area (Å²) in [6.07, 6.45) is 14.6. The molecule has 1 aliphatic heterocycles. The molecule has 1 amide bonds. The average molecular weight is 548 g/mol. The summed E-state index contributed by atoms with van der Waals surface area (Å²) in [5, 5.41) is 23.6. The van der Waals surface area contributed by atoms with Crippen molar-refractivity contribution in [2.45, 2.75) is 134 Å². The van der Waals surface area contributed by atoms with Gasteiger partial charge in [-0.1, -0.05) is 120 Å². The molecule has 0 saturated carbocycles. The molecule has 39 heavy (non-hydrogen) atoms. The van der Waals surface area contributed by atoms with Crippen LogP contribution in [0.3, 0.4) is 0 Å². The molecule has 1 fully saturated rings. The zero-order chi connectivity index (χ0) is 28.1. The lowest BCUT2D eigenvalue weighted by Gasteiger charge is -2.44. The van der Waals surface area contributed by atoms with E-state index in [4.69, 9.17) is 14.2 Å². The first-order valence-corrected chi connectivity index (χ1v) is 15.2. The Labute approximate surface area is 236 Å². The van der Waals surface area contributed by atoms with Gasteiger partial charge in [0.15, 0.2) is 6.29 Å². The molecule has 0 aromatic heterocycles. The molecule has 1 heterocycles. The minimum atomic E-state index is -1.12. The Morgan fingerprint density at radius 2 is 1.54 bits per heavy atom. The SMILES string of the molecule is C=CCO[C@H]1O[C@H](CO)[C@@H](O)[C@H](OCc2ccccc2)[C@@H]1NC(=O)CCCCCCCCCCCCCCC. The van der Waals surface area contributed by atoms with E-state index in [1.807, 2.05) is 30.3 Å². The molecule has 1 aromatic rings. The Bertz CT molecular complexity index is 760. The molecular weight excluding hydrogens is 494 g/mol. The molecular formula is C32H53NO6. The summed E-state index contributed by atoms with van der Waals surface area (Å²) in [5.74, 6) is -0.123. The molecule has 1 saturated heterocycles. The number of hydrogen-bond donors (Lipinski definition) is 3. The molecule has 7 nitrogen and oxygen atoms in total. The van der Waals surface area contributed by atoms with Crippen LogP contribution in [0.2, 0.25) is 0 Å². The number of carbonyl (C=O) groups is 1. The highest BCUT2D eigenvalue weighted by Gasteiger charge is 2.47. The quantitative estimate of drug-likeness (QED) is 0.125. The number of unbranched alkanes of at least 4 members (excludes halogenated alkanes) is 12. The molecule has 0 bridgehead atoms. The van der Waals surface area contributed by atoms with Crippen LogP contribution in [0.1, 0.15) is 102 Å². The van der Waals surface area contributed by atoms with Crippen LogP contribution < -0.4 is 5.32 Å². The molecule has 222 valence electrons. The smallest absolute Gasteiger partial charge is 0.220 e. The molecule has 0 unspecified atom stereocenters. The number of ether oxygens (including phenoxy) is 3. The molecule has 0 aliphatic carbocycles. The molecule has 5 atom stereocenters. The summed E-state index contributed by atoms with van der Waals surface area (Å²) in [4.78, 5) is 12.9. The van der Waals surface area contributed by atoms with Crippen LogP contribution >= 0.6 is 0 Å². The van der Waals surface area contributed by atoms with E-state index in [-0.39, 0.29) is 25.7 Å². The van der Waals surface area contributed by atoms with E-state index >= 15 is 0 Å². The van der Waals surface area contributed by atoms with Crippen molar-refractivity contribution in [1.82, 2.24) is 5.32 Å². The van der Waals surface area contributed by atoms with Crippen molar-refractivity contribution in [3.05, 3.63) is 48.6 Å². The fourth-order valence-electron chi connectivity index (χ4n) is 5.05. The van der Waals surface area contributed by atoms with Gasteiger partial charge in [-0.2, -0.15) is 0 Å². The minimum Gasteiger partial charge on any atom is -0.394 e. The molecule has 1 aliphatic rings. The van der Waals surface area contributed by atoms with Crippen LogP contribution in [-0.2, 0) is 25.6 Å². The van der Waals surface area contributed by atoms with Gasteiger partial charge in [0.25, 0.3) is 0 Å². The third kappa shape index (κ3) is 13.4. The first-order valence-electron chi connectivity index (χ1n) is 15.2. The Kier molecular flexibility index (Phi) is 18.0. The third-order valence-electron chi connectivity index (χ3n) is 7.35. The maximum atomic E-state index is 12.9. The first-order chi connectivity index (χ1) is 19.1. The van der Waals surface area contributed by atoms with Crippen LogP contribution in [0.5, 0.6) is 0 Å². The van der Waals surface area contributed by atoms with Crippen molar-refractivity contribution in [1.29, 1.82) is 0 Å². The fourth-order valence-corrected chi connectivity index (χ4v) is 5.05. The van der Waals surface area contributed by atoms with Gasteiger partial charge in [-0.15, -0.1) is 6.58 Å². The van der Waals surface area contributed by atoms with Gasteiger partial charge in [0, 0.05) is 6.42 Å². The Morgan fingerprint density at radius 1 is 0.949 bits per heavy atom. The standard InChI is InChI=1S/C32H53NO6/c1-3-5-6-7-8-9-10-11-12-13-14-15-19-22-28(35)33-29-31(38-25-26-20-17-16-18-21-26)30(36)27(24-34)39-32(29)37-23-4-2/h4,16-18,20-21,27,29-32,34,36H,2-3,5-15,19,22-25H2,1H3,(H,33,35)/t27-,29+,30-,31-,32+/m1/s1. The van der Waals surface area contributed by atoms with E-state index in [9.17, 15) is 15.0 Å². The van der Waals surface area contributed by atoms with Crippen molar-refractivity contribution in [2.75, 3.05) is 13.2 Å².